The van der Waals surface area contributed by atoms with Crippen LogP contribution in [0.25, 0.3) is 0 Å². The Bertz CT molecular complexity index is 1410. The van der Waals surface area contributed by atoms with E-state index in [1.54, 1.807) is 49.6 Å². The number of hydrogen-bond donors (Lipinski definition) is 2. The quantitative estimate of drug-likeness (QED) is 0.343. The lowest BCUT2D eigenvalue weighted by Gasteiger charge is -2.11. The number of ketones is 1. The van der Waals surface area contributed by atoms with E-state index in [1.807, 2.05) is 31.2 Å². The van der Waals surface area contributed by atoms with Crippen molar-refractivity contribution in [3.8, 4) is 5.75 Å². The monoisotopic (exact) mass is 478 g/mol. The maximum absolute atomic E-state index is 13.6. The Labute approximate surface area is 196 Å². The number of hydrogen-bond acceptors (Lipinski definition) is 7. The SMILES string of the molecule is COc1ccc(C(=O)c2sc(Nc3ccccc3C)c(S(=O)(=O)c3ccccc3)c2N)cc1. The maximum atomic E-state index is 13.6. The van der Waals surface area contributed by atoms with Gasteiger partial charge in [0.25, 0.3) is 0 Å². The summed E-state index contributed by atoms with van der Waals surface area (Å²) in [6.45, 7) is 1.91. The standard InChI is InChI=1S/C25H22N2O4S2/c1-16-8-6-7-11-20(16)27-25-24(33(29,30)19-9-4-3-5-10-19)21(26)23(32-25)22(28)17-12-14-18(31-2)15-13-17/h3-15,27H,26H2,1-2H3. The molecule has 8 heteroatoms. The molecule has 0 saturated carbocycles. The minimum atomic E-state index is -3.99. The lowest BCUT2D eigenvalue weighted by Crippen LogP contribution is -2.08. The van der Waals surface area contributed by atoms with Crippen molar-refractivity contribution in [3.05, 3.63) is 94.9 Å². The molecule has 168 valence electrons. The van der Waals surface area contributed by atoms with Crippen LogP contribution >= 0.6 is 11.3 Å². The average Bonchev–Trinajstić information content (AvgIpc) is 3.17. The molecule has 0 aliphatic rings. The average molecular weight is 479 g/mol. The lowest BCUT2D eigenvalue weighted by molar-refractivity contribution is 0.104. The number of nitrogen functional groups attached to an aromatic ring is 1. The molecule has 0 radical (unpaired) electrons. The summed E-state index contributed by atoms with van der Waals surface area (Å²) < 4.78 is 32.3. The molecule has 0 atom stereocenters. The van der Waals surface area contributed by atoms with E-state index in [4.69, 9.17) is 10.5 Å². The van der Waals surface area contributed by atoms with Crippen LogP contribution in [-0.2, 0) is 9.84 Å². The number of methoxy groups -OCH3 is 1. The Balaban J connectivity index is 1.87. The molecule has 0 spiro atoms. The number of carbonyl (C=O) groups excluding carboxylic acids is 1. The first kappa shape index (κ1) is 22.6. The third-order valence-corrected chi connectivity index (χ3v) is 8.28. The van der Waals surface area contributed by atoms with Gasteiger partial charge in [-0.1, -0.05) is 36.4 Å². The second-order valence-electron chi connectivity index (χ2n) is 7.32. The fourth-order valence-electron chi connectivity index (χ4n) is 3.37. The van der Waals surface area contributed by atoms with Crippen molar-refractivity contribution >= 4 is 43.3 Å². The summed E-state index contributed by atoms with van der Waals surface area (Å²) in [7, 11) is -2.45. The second-order valence-corrected chi connectivity index (χ2v) is 10.2. The highest BCUT2D eigenvalue weighted by Gasteiger charge is 2.31. The number of anilines is 3. The fourth-order valence-corrected chi connectivity index (χ4v) is 6.32. The molecule has 3 aromatic carbocycles. The lowest BCUT2D eigenvalue weighted by atomic mass is 10.1. The minimum Gasteiger partial charge on any atom is -0.497 e. The van der Waals surface area contributed by atoms with Gasteiger partial charge in [0.1, 0.15) is 20.5 Å². The van der Waals surface area contributed by atoms with Crippen LogP contribution in [0.1, 0.15) is 20.8 Å². The van der Waals surface area contributed by atoms with Crippen molar-refractivity contribution in [3.63, 3.8) is 0 Å². The summed E-state index contributed by atoms with van der Waals surface area (Å²) in [5.74, 6) is 0.252. The van der Waals surface area contributed by atoms with E-state index in [0.29, 0.717) is 16.3 Å². The van der Waals surface area contributed by atoms with E-state index in [1.165, 1.54) is 12.1 Å². The van der Waals surface area contributed by atoms with Gasteiger partial charge in [-0.05, 0) is 55.0 Å². The molecule has 4 aromatic rings. The molecule has 3 N–H and O–H groups in total. The van der Waals surface area contributed by atoms with Crippen LogP contribution in [0.4, 0.5) is 16.4 Å². The molecule has 0 fully saturated rings. The highest BCUT2D eigenvalue weighted by Crippen LogP contribution is 2.44. The van der Waals surface area contributed by atoms with E-state index in [2.05, 4.69) is 5.32 Å². The first-order valence-electron chi connectivity index (χ1n) is 10.1. The predicted octanol–water partition coefficient (Wildman–Crippen LogP) is 5.45. The number of thiophene rings is 1. The summed E-state index contributed by atoms with van der Waals surface area (Å²) >= 11 is 1.03. The van der Waals surface area contributed by atoms with Crippen LogP contribution in [0.2, 0.25) is 0 Å². The van der Waals surface area contributed by atoms with Crippen molar-refractivity contribution in [1.82, 2.24) is 0 Å². The van der Waals surface area contributed by atoms with Crippen LogP contribution in [-0.4, -0.2) is 21.3 Å². The van der Waals surface area contributed by atoms with Gasteiger partial charge in [-0.15, -0.1) is 11.3 Å². The molecule has 6 nitrogen and oxygen atoms in total. The molecule has 1 aromatic heterocycles. The molecule has 0 amide bonds. The van der Waals surface area contributed by atoms with Gasteiger partial charge in [-0.25, -0.2) is 8.42 Å². The van der Waals surface area contributed by atoms with Gasteiger partial charge in [-0.3, -0.25) is 4.79 Å². The number of nitrogens with one attached hydrogen (secondary N) is 1. The molecule has 4 rings (SSSR count). The number of rotatable bonds is 7. The number of para-hydroxylation sites is 1. The van der Waals surface area contributed by atoms with Crippen molar-refractivity contribution in [2.45, 2.75) is 16.7 Å². The largest absolute Gasteiger partial charge is 0.497 e. The van der Waals surface area contributed by atoms with Gasteiger partial charge in [0.2, 0.25) is 15.6 Å². The third-order valence-electron chi connectivity index (χ3n) is 5.17. The Morgan fingerprint density at radius 2 is 1.58 bits per heavy atom. The van der Waals surface area contributed by atoms with E-state index < -0.39 is 9.84 Å². The van der Waals surface area contributed by atoms with Crippen LogP contribution in [0, 0.1) is 6.92 Å². The van der Waals surface area contributed by atoms with Crippen molar-refractivity contribution in [2.75, 3.05) is 18.2 Å². The number of ether oxygens (including phenoxy) is 1. The van der Waals surface area contributed by atoms with Gasteiger partial charge >= 0.3 is 0 Å². The molecule has 0 saturated heterocycles. The Morgan fingerprint density at radius 1 is 0.939 bits per heavy atom. The first-order valence-corrected chi connectivity index (χ1v) is 12.4. The Kier molecular flexibility index (Phi) is 6.22. The molecule has 0 unspecified atom stereocenters. The maximum Gasteiger partial charge on any atom is 0.211 e. The molecule has 0 aliphatic heterocycles. The Hall–Kier alpha value is -3.62. The molecule has 0 bridgehead atoms. The highest BCUT2D eigenvalue weighted by atomic mass is 32.2. The second kappa shape index (κ2) is 9.09. The number of sulfone groups is 1. The topological polar surface area (TPSA) is 98.5 Å². The summed E-state index contributed by atoms with van der Waals surface area (Å²) in [5.41, 5.74) is 8.33. The summed E-state index contributed by atoms with van der Waals surface area (Å²) in [5, 5.41) is 3.48. The summed E-state index contributed by atoms with van der Waals surface area (Å²) in [6.07, 6.45) is 0. The number of carbonyl (C=O) groups is 1. The smallest absolute Gasteiger partial charge is 0.211 e. The third kappa shape index (κ3) is 4.35. The molecular formula is C25H22N2O4S2. The van der Waals surface area contributed by atoms with Crippen molar-refractivity contribution in [1.29, 1.82) is 0 Å². The first-order chi connectivity index (χ1) is 15.8. The van der Waals surface area contributed by atoms with E-state index in [0.717, 1.165) is 22.6 Å². The molecule has 1 heterocycles. The van der Waals surface area contributed by atoms with E-state index >= 15 is 0 Å². The van der Waals surface area contributed by atoms with Crippen LogP contribution in [0.15, 0.2) is 88.7 Å². The number of aryl methyl sites for hydroxylation is 1. The van der Waals surface area contributed by atoms with Gasteiger partial charge < -0.3 is 15.8 Å². The van der Waals surface area contributed by atoms with Gasteiger partial charge in [0, 0.05) is 11.3 Å². The minimum absolute atomic E-state index is 0.0687. The number of nitrogens with two attached hydrogens (primary N) is 1. The summed E-state index contributed by atoms with van der Waals surface area (Å²) in [4.78, 5) is 13.4. The zero-order chi connectivity index (χ0) is 23.6. The zero-order valence-electron chi connectivity index (χ0n) is 18.0. The fraction of sp³-hybridized carbons (Fsp3) is 0.0800. The zero-order valence-corrected chi connectivity index (χ0v) is 19.7. The molecule has 0 aliphatic carbocycles. The van der Waals surface area contributed by atoms with Crippen molar-refractivity contribution in [2.24, 2.45) is 0 Å². The highest BCUT2D eigenvalue weighted by molar-refractivity contribution is 7.92. The van der Waals surface area contributed by atoms with Crippen LogP contribution in [0.3, 0.4) is 0 Å². The van der Waals surface area contributed by atoms with Crippen molar-refractivity contribution < 1.29 is 17.9 Å². The Morgan fingerprint density at radius 3 is 2.21 bits per heavy atom. The molecule has 33 heavy (non-hydrogen) atoms. The van der Waals surface area contributed by atoms with E-state index in [9.17, 15) is 13.2 Å². The molecular weight excluding hydrogens is 456 g/mol. The van der Waals surface area contributed by atoms with E-state index in [-0.39, 0.29) is 26.1 Å². The van der Waals surface area contributed by atoms with Crippen LogP contribution < -0.4 is 15.8 Å². The predicted molar refractivity (Wildman–Crippen MR) is 132 cm³/mol. The normalized spacial score (nSPS) is 11.2. The van der Waals surface area contributed by atoms with Gasteiger partial charge in [-0.2, -0.15) is 0 Å². The number of benzene rings is 3. The van der Waals surface area contributed by atoms with Gasteiger partial charge in [0.15, 0.2) is 0 Å². The van der Waals surface area contributed by atoms with Crippen LogP contribution in [0.5, 0.6) is 5.75 Å². The summed E-state index contributed by atoms with van der Waals surface area (Å²) in [6, 6.07) is 22.1. The van der Waals surface area contributed by atoms with Gasteiger partial charge in [0.05, 0.1) is 17.7 Å².